The molecule has 1 fully saturated rings. The van der Waals surface area contributed by atoms with Crippen LogP contribution in [0.4, 0.5) is 4.79 Å². The number of nitrogens with one attached hydrogen (secondary N) is 1. The number of rotatable bonds is 2. The molecule has 1 rings (SSSR count). The summed E-state index contributed by atoms with van der Waals surface area (Å²) in [7, 11) is 0. The Balaban J connectivity index is 2.33. The van der Waals surface area contributed by atoms with E-state index >= 15 is 0 Å². The third kappa shape index (κ3) is 3.70. The zero-order valence-corrected chi connectivity index (χ0v) is 10.4. The fourth-order valence-electron chi connectivity index (χ4n) is 1.57. The van der Waals surface area contributed by atoms with Gasteiger partial charge in [-0.05, 0) is 41.5 Å². The van der Waals surface area contributed by atoms with E-state index in [2.05, 4.69) is 5.32 Å². The lowest BCUT2D eigenvalue weighted by atomic mass is 10.1. The standard InChI is InChI=1S/C11H21NO3/c1-7(8-11(5,6)14-8)12-9(13)15-10(2,3)4/h7-8H,1-6H3,(H,12,13)/t7-,8+/m1/s1. The SMILES string of the molecule is C[C@@H](NC(=O)OC(C)(C)C)[C@@H]1OC1(C)C. The molecular weight excluding hydrogens is 194 g/mol. The molecule has 1 heterocycles. The van der Waals surface area contributed by atoms with Crippen LogP contribution in [-0.2, 0) is 9.47 Å². The van der Waals surface area contributed by atoms with Crippen LogP contribution >= 0.6 is 0 Å². The van der Waals surface area contributed by atoms with Crippen LogP contribution in [0.1, 0.15) is 41.5 Å². The van der Waals surface area contributed by atoms with Crippen molar-refractivity contribution in [2.75, 3.05) is 0 Å². The number of amides is 1. The van der Waals surface area contributed by atoms with Crippen molar-refractivity contribution in [1.82, 2.24) is 5.32 Å². The van der Waals surface area contributed by atoms with Gasteiger partial charge in [0.15, 0.2) is 0 Å². The van der Waals surface area contributed by atoms with Gasteiger partial charge in [0.05, 0.1) is 11.6 Å². The quantitative estimate of drug-likeness (QED) is 0.717. The molecule has 1 aliphatic rings. The van der Waals surface area contributed by atoms with E-state index in [1.165, 1.54) is 0 Å². The van der Waals surface area contributed by atoms with E-state index in [0.29, 0.717) is 0 Å². The third-order valence-corrected chi connectivity index (χ3v) is 2.26. The van der Waals surface area contributed by atoms with E-state index < -0.39 is 5.60 Å². The maximum atomic E-state index is 11.4. The van der Waals surface area contributed by atoms with Crippen LogP contribution in [-0.4, -0.2) is 29.4 Å². The van der Waals surface area contributed by atoms with Crippen LogP contribution < -0.4 is 5.32 Å². The second-order valence-corrected chi connectivity index (χ2v) is 5.58. The molecule has 1 amide bonds. The van der Waals surface area contributed by atoms with E-state index in [-0.39, 0.29) is 23.8 Å². The Morgan fingerprint density at radius 2 is 1.93 bits per heavy atom. The summed E-state index contributed by atoms with van der Waals surface area (Å²) in [4.78, 5) is 11.4. The van der Waals surface area contributed by atoms with E-state index in [1.54, 1.807) is 0 Å². The molecule has 15 heavy (non-hydrogen) atoms. The second-order valence-electron chi connectivity index (χ2n) is 5.58. The zero-order valence-electron chi connectivity index (χ0n) is 10.4. The first-order chi connectivity index (χ1) is 6.62. The highest BCUT2D eigenvalue weighted by Gasteiger charge is 2.51. The smallest absolute Gasteiger partial charge is 0.407 e. The molecule has 0 unspecified atom stereocenters. The van der Waals surface area contributed by atoms with Crippen LogP contribution in [0.2, 0.25) is 0 Å². The van der Waals surface area contributed by atoms with Crippen LogP contribution in [0.15, 0.2) is 0 Å². The van der Waals surface area contributed by atoms with Gasteiger partial charge in [-0.3, -0.25) is 0 Å². The minimum absolute atomic E-state index is 0.0187. The molecule has 0 aliphatic carbocycles. The van der Waals surface area contributed by atoms with Gasteiger partial charge in [-0.25, -0.2) is 4.79 Å². The summed E-state index contributed by atoms with van der Waals surface area (Å²) in [5.41, 5.74) is -0.571. The molecular formula is C11H21NO3. The molecule has 0 aromatic heterocycles. The van der Waals surface area contributed by atoms with Crippen LogP contribution in [0.5, 0.6) is 0 Å². The van der Waals surface area contributed by atoms with Crippen LogP contribution in [0.3, 0.4) is 0 Å². The zero-order chi connectivity index (χ0) is 11.9. The number of alkyl carbamates (subject to hydrolysis) is 1. The van der Waals surface area contributed by atoms with E-state index in [1.807, 2.05) is 41.5 Å². The van der Waals surface area contributed by atoms with Crippen molar-refractivity contribution in [3.8, 4) is 0 Å². The topological polar surface area (TPSA) is 50.9 Å². The highest BCUT2D eigenvalue weighted by Crippen LogP contribution is 2.37. The lowest BCUT2D eigenvalue weighted by Gasteiger charge is -2.21. The predicted molar refractivity (Wildman–Crippen MR) is 57.8 cm³/mol. The highest BCUT2D eigenvalue weighted by molar-refractivity contribution is 5.68. The summed E-state index contributed by atoms with van der Waals surface area (Å²) in [5.74, 6) is 0. The Bertz CT molecular complexity index is 255. The van der Waals surface area contributed by atoms with Crippen molar-refractivity contribution in [2.24, 2.45) is 0 Å². The maximum Gasteiger partial charge on any atom is 0.407 e. The van der Waals surface area contributed by atoms with Gasteiger partial charge in [-0.1, -0.05) is 0 Å². The second kappa shape index (κ2) is 3.67. The summed E-state index contributed by atoms with van der Waals surface area (Å²) in [6, 6.07) is -0.0187. The van der Waals surface area contributed by atoms with E-state index in [0.717, 1.165) is 0 Å². The first-order valence-corrected chi connectivity index (χ1v) is 5.29. The van der Waals surface area contributed by atoms with Crippen LogP contribution in [0, 0.1) is 0 Å². The van der Waals surface area contributed by atoms with Crippen molar-refractivity contribution in [1.29, 1.82) is 0 Å². The lowest BCUT2D eigenvalue weighted by molar-refractivity contribution is 0.0500. The van der Waals surface area contributed by atoms with Gasteiger partial charge in [0, 0.05) is 0 Å². The fraction of sp³-hybridized carbons (Fsp3) is 0.909. The molecule has 1 aliphatic heterocycles. The highest BCUT2D eigenvalue weighted by atomic mass is 16.6. The molecule has 0 saturated carbocycles. The molecule has 1 saturated heterocycles. The minimum atomic E-state index is -0.455. The van der Waals surface area contributed by atoms with Gasteiger partial charge in [0.1, 0.15) is 11.7 Å². The number of carbonyl (C=O) groups excluding carboxylic acids is 1. The Labute approximate surface area is 91.3 Å². The van der Waals surface area contributed by atoms with Gasteiger partial charge < -0.3 is 14.8 Å². The van der Waals surface area contributed by atoms with Crippen molar-refractivity contribution < 1.29 is 14.3 Å². The first kappa shape index (κ1) is 12.3. The monoisotopic (exact) mass is 215 g/mol. The van der Waals surface area contributed by atoms with Crippen molar-refractivity contribution >= 4 is 6.09 Å². The minimum Gasteiger partial charge on any atom is -0.444 e. The van der Waals surface area contributed by atoms with Crippen molar-refractivity contribution in [3.05, 3.63) is 0 Å². The Kier molecular flexibility index (Phi) is 3.01. The third-order valence-electron chi connectivity index (χ3n) is 2.26. The summed E-state index contributed by atoms with van der Waals surface area (Å²) >= 11 is 0. The van der Waals surface area contributed by atoms with Gasteiger partial charge in [0.25, 0.3) is 0 Å². The molecule has 0 aromatic carbocycles. The van der Waals surface area contributed by atoms with Gasteiger partial charge in [-0.15, -0.1) is 0 Å². The summed E-state index contributed by atoms with van der Waals surface area (Å²) in [6.45, 7) is 11.5. The number of ether oxygens (including phenoxy) is 2. The number of carbonyl (C=O) groups is 1. The Hall–Kier alpha value is -0.770. The number of hydrogen-bond donors (Lipinski definition) is 1. The number of hydrogen-bond acceptors (Lipinski definition) is 3. The lowest BCUT2D eigenvalue weighted by Crippen LogP contribution is -2.41. The number of epoxide rings is 1. The molecule has 88 valence electrons. The molecule has 2 atom stereocenters. The van der Waals surface area contributed by atoms with Gasteiger partial charge >= 0.3 is 6.09 Å². The maximum absolute atomic E-state index is 11.4. The average Bonchev–Trinajstić information content (AvgIpc) is 2.54. The normalized spacial score (nSPS) is 25.6. The van der Waals surface area contributed by atoms with Crippen molar-refractivity contribution in [3.63, 3.8) is 0 Å². The molecule has 0 spiro atoms. The van der Waals surface area contributed by atoms with Crippen molar-refractivity contribution in [2.45, 2.75) is 64.9 Å². The molecule has 1 N–H and O–H groups in total. The molecule has 0 radical (unpaired) electrons. The van der Waals surface area contributed by atoms with E-state index in [4.69, 9.17) is 9.47 Å². The molecule has 0 aromatic rings. The van der Waals surface area contributed by atoms with Gasteiger partial charge in [-0.2, -0.15) is 0 Å². The molecule has 0 bridgehead atoms. The largest absolute Gasteiger partial charge is 0.444 e. The van der Waals surface area contributed by atoms with E-state index in [9.17, 15) is 4.79 Å². The average molecular weight is 215 g/mol. The summed E-state index contributed by atoms with van der Waals surface area (Å²) in [5, 5.41) is 2.77. The Morgan fingerprint density at radius 1 is 1.47 bits per heavy atom. The summed E-state index contributed by atoms with van der Waals surface area (Å²) < 4.78 is 10.6. The van der Waals surface area contributed by atoms with Gasteiger partial charge in [0.2, 0.25) is 0 Å². The van der Waals surface area contributed by atoms with Crippen LogP contribution in [0.25, 0.3) is 0 Å². The molecule has 4 heteroatoms. The fourth-order valence-corrected chi connectivity index (χ4v) is 1.57. The Morgan fingerprint density at radius 3 is 2.27 bits per heavy atom. The molecule has 4 nitrogen and oxygen atoms in total. The summed E-state index contributed by atoms with van der Waals surface area (Å²) in [6.07, 6.45) is -0.300. The predicted octanol–water partition coefficient (Wildman–Crippen LogP) is 2.08. The first-order valence-electron chi connectivity index (χ1n) is 5.29.